The van der Waals surface area contributed by atoms with Crippen molar-refractivity contribution in [3.63, 3.8) is 0 Å². The molecule has 0 aliphatic heterocycles. The van der Waals surface area contributed by atoms with Gasteiger partial charge in [0.25, 0.3) is 0 Å². The first-order valence-corrected chi connectivity index (χ1v) is 11.4. The number of nitrogens with zero attached hydrogens (tertiary/aromatic N) is 2. The summed E-state index contributed by atoms with van der Waals surface area (Å²) in [5.74, 6) is 0.822. The van der Waals surface area contributed by atoms with Crippen LogP contribution in [-0.2, 0) is 24.1 Å². The predicted molar refractivity (Wildman–Crippen MR) is 126 cm³/mol. The van der Waals surface area contributed by atoms with E-state index in [0.29, 0.717) is 13.1 Å². The van der Waals surface area contributed by atoms with Crippen LogP contribution in [0.4, 0.5) is 4.79 Å². The van der Waals surface area contributed by atoms with Crippen LogP contribution in [-0.4, -0.2) is 33.1 Å². The average Bonchev–Trinajstić information content (AvgIpc) is 3.12. The van der Waals surface area contributed by atoms with Gasteiger partial charge in [-0.1, -0.05) is 58.4 Å². The van der Waals surface area contributed by atoms with E-state index >= 15 is 0 Å². The number of H-pyrrole nitrogens is 1. The van der Waals surface area contributed by atoms with Crippen LogP contribution in [0.25, 0.3) is 11.3 Å². The zero-order chi connectivity index (χ0) is 22.9. The molecular weight excluding hydrogens is 374 g/mol. The molecule has 1 aliphatic rings. The molecule has 0 saturated carbocycles. The van der Waals surface area contributed by atoms with Crippen LogP contribution in [0, 0.1) is 6.92 Å². The number of benzene rings is 1. The second-order valence-corrected chi connectivity index (χ2v) is 8.07. The van der Waals surface area contributed by atoms with Crippen molar-refractivity contribution < 1.29 is 9.53 Å². The highest BCUT2D eigenvalue weighted by molar-refractivity contribution is 5.70. The Morgan fingerprint density at radius 3 is 2.43 bits per heavy atom. The SMILES string of the molecule is CC.CC.CCCN(Cc1nc2c([nH]1)CCc1cc(C)ccc1-2)C(=O)OC(C)(C)C. The predicted octanol–water partition coefficient (Wildman–Crippen LogP) is 6.68. The molecular formula is C25H41N3O2. The molecule has 0 spiro atoms. The Kier molecular flexibility index (Phi) is 10.1. The molecule has 1 aliphatic carbocycles. The molecule has 5 nitrogen and oxygen atoms in total. The third-order valence-corrected chi connectivity index (χ3v) is 4.47. The molecule has 0 fully saturated rings. The number of nitrogens with one attached hydrogen (secondary N) is 1. The zero-order valence-corrected chi connectivity index (χ0v) is 20.5. The molecule has 30 heavy (non-hydrogen) atoms. The van der Waals surface area contributed by atoms with Crippen LogP contribution >= 0.6 is 0 Å². The number of ether oxygens (including phenoxy) is 1. The summed E-state index contributed by atoms with van der Waals surface area (Å²) in [5.41, 5.74) is 5.54. The van der Waals surface area contributed by atoms with Crippen molar-refractivity contribution >= 4 is 6.09 Å². The molecule has 5 heteroatoms. The van der Waals surface area contributed by atoms with Gasteiger partial charge < -0.3 is 14.6 Å². The Morgan fingerprint density at radius 2 is 1.83 bits per heavy atom. The molecule has 1 heterocycles. The van der Waals surface area contributed by atoms with Gasteiger partial charge in [0.05, 0.1) is 12.2 Å². The fourth-order valence-corrected chi connectivity index (χ4v) is 3.37. The first-order chi connectivity index (χ1) is 14.3. The van der Waals surface area contributed by atoms with Gasteiger partial charge in [0, 0.05) is 17.8 Å². The standard InChI is InChI=1S/C21H29N3O2.2C2H6/c1-6-11-24(20(25)26-21(3,4)5)13-18-22-17-10-8-15-12-14(2)7-9-16(15)19(17)23-18;2*1-2/h7,9,12H,6,8,10-11,13H2,1-5H3,(H,22,23);2*1-2H3. The highest BCUT2D eigenvalue weighted by atomic mass is 16.6. The molecule has 168 valence electrons. The number of aromatic nitrogens is 2. The van der Waals surface area contributed by atoms with Crippen molar-refractivity contribution in [1.29, 1.82) is 0 Å². The van der Waals surface area contributed by atoms with Gasteiger partial charge in [0.1, 0.15) is 11.4 Å². The van der Waals surface area contributed by atoms with Crippen molar-refractivity contribution in [2.24, 2.45) is 0 Å². The van der Waals surface area contributed by atoms with E-state index in [0.717, 1.165) is 36.5 Å². The Hall–Kier alpha value is -2.30. The normalized spacial score (nSPS) is 11.8. The van der Waals surface area contributed by atoms with Gasteiger partial charge in [-0.25, -0.2) is 9.78 Å². The molecule has 0 bridgehead atoms. The summed E-state index contributed by atoms with van der Waals surface area (Å²) in [4.78, 5) is 22.5. The number of carbonyl (C=O) groups excluding carboxylic acids is 1. The fraction of sp³-hybridized carbons (Fsp3) is 0.600. The van der Waals surface area contributed by atoms with E-state index in [2.05, 4.69) is 37.0 Å². The second-order valence-electron chi connectivity index (χ2n) is 8.07. The number of carbonyl (C=O) groups is 1. The van der Waals surface area contributed by atoms with Gasteiger partial charge in [-0.2, -0.15) is 0 Å². The third-order valence-electron chi connectivity index (χ3n) is 4.47. The Bertz CT molecular complexity index is 803. The molecule has 1 aromatic heterocycles. The Labute approximate surface area is 183 Å². The molecule has 0 unspecified atom stereocenters. The minimum absolute atomic E-state index is 0.287. The topological polar surface area (TPSA) is 58.2 Å². The van der Waals surface area contributed by atoms with Gasteiger partial charge in [0.15, 0.2) is 0 Å². The summed E-state index contributed by atoms with van der Waals surface area (Å²) in [6.07, 6.45) is 2.57. The molecule has 1 amide bonds. The summed E-state index contributed by atoms with van der Waals surface area (Å²) in [7, 11) is 0. The van der Waals surface area contributed by atoms with Crippen LogP contribution in [0.5, 0.6) is 0 Å². The third kappa shape index (κ3) is 6.89. The molecule has 1 N–H and O–H groups in total. The quantitative estimate of drug-likeness (QED) is 0.605. The first-order valence-electron chi connectivity index (χ1n) is 11.4. The monoisotopic (exact) mass is 415 g/mol. The summed E-state index contributed by atoms with van der Waals surface area (Å²) in [5, 5.41) is 0. The maximum Gasteiger partial charge on any atom is 0.410 e. The van der Waals surface area contributed by atoms with E-state index < -0.39 is 5.60 Å². The van der Waals surface area contributed by atoms with Crippen LogP contribution in [0.2, 0.25) is 0 Å². The highest BCUT2D eigenvalue weighted by Crippen LogP contribution is 2.32. The van der Waals surface area contributed by atoms with E-state index in [9.17, 15) is 4.79 Å². The maximum atomic E-state index is 12.5. The fourth-order valence-electron chi connectivity index (χ4n) is 3.37. The minimum atomic E-state index is -0.498. The van der Waals surface area contributed by atoms with Crippen LogP contribution in [0.3, 0.4) is 0 Å². The van der Waals surface area contributed by atoms with E-state index in [1.54, 1.807) is 4.90 Å². The molecule has 1 aromatic carbocycles. The lowest BCUT2D eigenvalue weighted by Crippen LogP contribution is -2.37. The molecule has 0 saturated heterocycles. The first kappa shape index (κ1) is 25.7. The summed E-state index contributed by atoms with van der Waals surface area (Å²) >= 11 is 0. The van der Waals surface area contributed by atoms with Gasteiger partial charge in [-0.3, -0.25) is 0 Å². The average molecular weight is 416 g/mol. The van der Waals surface area contributed by atoms with Gasteiger partial charge in [-0.15, -0.1) is 0 Å². The van der Waals surface area contributed by atoms with Crippen molar-refractivity contribution in [1.82, 2.24) is 14.9 Å². The zero-order valence-electron chi connectivity index (χ0n) is 20.5. The van der Waals surface area contributed by atoms with Gasteiger partial charge in [0.2, 0.25) is 0 Å². The Morgan fingerprint density at radius 1 is 1.17 bits per heavy atom. The number of rotatable bonds is 4. The lowest BCUT2D eigenvalue weighted by Gasteiger charge is -2.26. The van der Waals surface area contributed by atoms with Crippen molar-refractivity contribution in [3.8, 4) is 11.3 Å². The smallest absolute Gasteiger partial charge is 0.410 e. The van der Waals surface area contributed by atoms with E-state index in [1.165, 1.54) is 16.7 Å². The van der Waals surface area contributed by atoms with Crippen LogP contribution in [0.15, 0.2) is 18.2 Å². The number of hydrogen-bond donors (Lipinski definition) is 1. The largest absolute Gasteiger partial charge is 0.444 e. The Balaban J connectivity index is 0.00000106. The summed E-state index contributed by atoms with van der Waals surface area (Å²) in [6.45, 7) is 18.9. The molecule has 3 rings (SSSR count). The second kappa shape index (κ2) is 11.8. The van der Waals surface area contributed by atoms with Crippen molar-refractivity contribution in [3.05, 3.63) is 40.8 Å². The minimum Gasteiger partial charge on any atom is -0.444 e. The number of imidazole rings is 1. The van der Waals surface area contributed by atoms with E-state index in [4.69, 9.17) is 9.72 Å². The highest BCUT2D eigenvalue weighted by Gasteiger charge is 2.25. The number of fused-ring (bicyclic) bond motifs is 3. The lowest BCUT2D eigenvalue weighted by molar-refractivity contribution is 0.0229. The van der Waals surface area contributed by atoms with Crippen LogP contribution in [0.1, 0.15) is 84.5 Å². The number of aryl methyl sites for hydroxylation is 3. The van der Waals surface area contributed by atoms with Crippen molar-refractivity contribution in [2.45, 2.75) is 93.7 Å². The summed E-state index contributed by atoms with van der Waals surface area (Å²) in [6, 6.07) is 6.54. The number of amides is 1. The van der Waals surface area contributed by atoms with E-state index in [-0.39, 0.29) is 6.09 Å². The van der Waals surface area contributed by atoms with E-state index in [1.807, 2.05) is 48.5 Å². The molecule has 2 aromatic rings. The lowest BCUT2D eigenvalue weighted by atomic mass is 9.91. The van der Waals surface area contributed by atoms with Gasteiger partial charge >= 0.3 is 6.09 Å². The number of aromatic amines is 1. The molecule has 0 radical (unpaired) electrons. The maximum absolute atomic E-state index is 12.5. The van der Waals surface area contributed by atoms with Crippen molar-refractivity contribution in [2.75, 3.05) is 6.54 Å². The van der Waals surface area contributed by atoms with Gasteiger partial charge in [-0.05, 0) is 52.5 Å². The summed E-state index contributed by atoms with van der Waals surface area (Å²) < 4.78 is 5.54. The number of hydrogen-bond acceptors (Lipinski definition) is 3. The molecule has 0 atom stereocenters. The van der Waals surface area contributed by atoms with Crippen LogP contribution < -0.4 is 0 Å².